The average Bonchev–Trinajstić information content (AvgIpc) is 2.58. The first-order valence-corrected chi connectivity index (χ1v) is 5.88. The third kappa shape index (κ3) is 2.51. The van der Waals surface area contributed by atoms with Crippen molar-refractivity contribution >= 4 is 5.91 Å². The van der Waals surface area contributed by atoms with Crippen molar-refractivity contribution in [3.05, 3.63) is 0 Å². The first-order valence-electron chi connectivity index (χ1n) is 5.88. The summed E-state index contributed by atoms with van der Waals surface area (Å²) in [5.74, 6) is 0.243. The van der Waals surface area contributed by atoms with E-state index in [2.05, 4.69) is 31.0 Å². The van der Waals surface area contributed by atoms with Crippen LogP contribution in [0.4, 0.5) is 0 Å². The molecule has 1 atom stereocenters. The maximum Gasteiger partial charge on any atom is 0.220 e. The van der Waals surface area contributed by atoms with Crippen LogP contribution in [0.5, 0.6) is 0 Å². The molecule has 0 aromatic rings. The van der Waals surface area contributed by atoms with Crippen LogP contribution in [0.1, 0.15) is 33.6 Å². The molecule has 1 amide bonds. The van der Waals surface area contributed by atoms with Crippen LogP contribution in [0, 0.1) is 10.8 Å². The summed E-state index contributed by atoms with van der Waals surface area (Å²) in [5.41, 5.74) is 0.629. The van der Waals surface area contributed by atoms with Crippen molar-refractivity contribution in [3.8, 4) is 0 Å². The molecule has 2 aliphatic rings. The smallest absolute Gasteiger partial charge is 0.220 e. The normalized spacial score (nSPS) is 32.6. The van der Waals surface area contributed by atoms with E-state index in [4.69, 9.17) is 0 Å². The van der Waals surface area contributed by atoms with Crippen molar-refractivity contribution in [1.29, 1.82) is 0 Å². The van der Waals surface area contributed by atoms with E-state index in [1.54, 1.807) is 0 Å². The third-order valence-electron chi connectivity index (χ3n) is 3.41. The number of rotatable bonds is 1. The summed E-state index contributed by atoms with van der Waals surface area (Å²) >= 11 is 0. The molecule has 1 N–H and O–H groups in total. The molecule has 0 radical (unpaired) electrons. The molecule has 3 heteroatoms. The van der Waals surface area contributed by atoms with Gasteiger partial charge in [-0.25, -0.2) is 0 Å². The average molecular weight is 210 g/mol. The van der Waals surface area contributed by atoms with E-state index in [0.29, 0.717) is 5.41 Å². The molecule has 0 saturated carbocycles. The van der Waals surface area contributed by atoms with Crippen molar-refractivity contribution in [3.63, 3.8) is 0 Å². The fourth-order valence-electron chi connectivity index (χ4n) is 2.87. The molecule has 0 aromatic carbocycles. The Morgan fingerprint density at radius 3 is 2.73 bits per heavy atom. The Morgan fingerprint density at radius 2 is 2.20 bits per heavy atom. The number of carbonyl (C=O) groups is 1. The second-order valence-corrected chi connectivity index (χ2v) is 6.47. The van der Waals surface area contributed by atoms with Gasteiger partial charge in [0.15, 0.2) is 0 Å². The molecular formula is C12H22N2O. The highest BCUT2D eigenvalue weighted by Gasteiger charge is 2.44. The van der Waals surface area contributed by atoms with E-state index in [1.807, 2.05) is 0 Å². The van der Waals surface area contributed by atoms with Crippen molar-refractivity contribution < 1.29 is 4.79 Å². The van der Waals surface area contributed by atoms with Crippen LogP contribution in [0.3, 0.4) is 0 Å². The maximum absolute atomic E-state index is 11.3. The fraction of sp³-hybridized carbons (Fsp3) is 0.917. The monoisotopic (exact) mass is 210 g/mol. The van der Waals surface area contributed by atoms with Gasteiger partial charge in [0.05, 0.1) is 0 Å². The molecule has 3 nitrogen and oxygen atoms in total. The summed E-state index contributed by atoms with van der Waals surface area (Å²) in [6, 6.07) is 0. The largest absolute Gasteiger partial charge is 0.355 e. The Morgan fingerprint density at radius 1 is 1.47 bits per heavy atom. The van der Waals surface area contributed by atoms with Crippen LogP contribution in [0.25, 0.3) is 0 Å². The lowest BCUT2D eigenvalue weighted by Gasteiger charge is -2.28. The topological polar surface area (TPSA) is 32.3 Å². The van der Waals surface area contributed by atoms with E-state index in [-0.39, 0.29) is 11.3 Å². The highest BCUT2D eigenvalue weighted by atomic mass is 16.1. The maximum atomic E-state index is 11.3. The zero-order valence-corrected chi connectivity index (χ0v) is 10.1. The minimum atomic E-state index is 0.243. The summed E-state index contributed by atoms with van der Waals surface area (Å²) < 4.78 is 0. The number of hydrogen-bond donors (Lipinski definition) is 1. The number of hydrogen-bond acceptors (Lipinski definition) is 2. The van der Waals surface area contributed by atoms with E-state index in [0.717, 1.165) is 32.6 Å². The van der Waals surface area contributed by atoms with Crippen molar-refractivity contribution in [1.82, 2.24) is 10.2 Å². The predicted molar refractivity (Wildman–Crippen MR) is 60.6 cm³/mol. The van der Waals surface area contributed by atoms with E-state index in [9.17, 15) is 4.79 Å². The van der Waals surface area contributed by atoms with Gasteiger partial charge < -0.3 is 10.2 Å². The predicted octanol–water partition coefficient (Wildman–Crippen LogP) is 1.24. The number of likely N-dealkylation sites (tertiary alicyclic amines) is 1. The van der Waals surface area contributed by atoms with E-state index < -0.39 is 0 Å². The molecule has 0 aliphatic carbocycles. The second kappa shape index (κ2) is 3.48. The fourth-order valence-corrected chi connectivity index (χ4v) is 2.87. The number of nitrogens with one attached hydrogen (secondary N) is 1. The van der Waals surface area contributed by atoms with Gasteiger partial charge in [-0.1, -0.05) is 20.8 Å². The summed E-state index contributed by atoms with van der Waals surface area (Å²) in [4.78, 5) is 13.8. The second-order valence-electron chi connectivity index (χ2n) is 6.47. The molecule has 1 spiro atoms. The van der Waals surface area contributed by atoms with Gasteiger partial charge in [0, 0.05) is 31.5 Å². The zero-order chi connectivity index (χ0) is 11.1. The molecule has 2 fully saturated rings. The lowest BCUT2D eigenvalue weighted by atomic mass is 9.86. The number of nitrogens with zero attached hydrogens (tertiary/aromatic N) is 1. The molecule has 15 heavy (non-hydrogen) atoms. The Labute approximate surface area is 92.2 Å². The van der Waals surface area contributed by atoms with Crippen LogP contribution < -0.4 is 5.32 Å². The Balaban J connectivity index is 1.92. The lowest BCUT2D eigenvalue weighted by molar-refractivity contribution is -0.119. The molecule has 2 aliphatic heterocycles. The van der Waals surface area contributed by atoms with Gasteiger partial charge in [-0.3, -0.25) is 4.79 Å². The van der Waals surface area contributed by atoms with Crippen LogP contribution >= 0.6 is 0 Å². The highest BCUT2D eigenvalue weighted by molar-refractivity contribution is 5.79. The summed E-state index contributed by atoms with van der Waals surface area (Å²) in [6.45, 7) is 11.1. The van der Waals surface area contributed by atoms with Crippen LogP contribution in [0.15, 0.2) is 0 Å². The van der Waals surface area contributed by atoms with Gasteiger partial charge in [-0.15, -0.1) is 0 Å². The Bertz CT molecular complexity index is 269. The Hall–Kier alpha value is -0.570. The highest BCUT2D eigenvalue weighted by Crippen LogP contribution is 2.37. The van der Waals surface area contributed by atoms with E-state index in [1.165, 1.54) is 6.42 Å². The minimum Gasteiger partial charge on any atom is -0.355 e. The number of amides is 1. The van der Waals surface area contributed by atoms with E-state index >= 15 is 0 Å². The minimum absolute atomic E-state index is 0.243. The SMILES string of the molecule is CC(C)(C)CN1CCC2(CNC(=O)C2)C1. The summed E-state index contributed by atoms with van der Waals surface area (Å²) in [7, 11) is 0. The van der Waals surface area contributed by atoms with Crippen molar-refractivity contribution in [2.45, 2.75) is 33.6 Å². The van der Waals surface area contributed by atoms with Gasteiger partial charge in [0.25, 0.3) is 0 Å². The first-order chi connectivity index (χ1) is 6.89. The molecule has 1 unspecified atom stereocenters. The number of carbonyl (C=O) groups excluding carboxylic acids is 1. The summed E-state index contributed by atoms with van der Waals surface area (Å²) in [6.07, 6.45) is 1.93. The lowest BCUT2D eigenvalue weighted by Crippen LogP contribution is -2.34. The zero-order valence-electron chi connectivity index (χ0n) is 10.1. The molecule has 0 bridgehead atoms. The van der Waals surface area contributed by atoms with Gasteiger partial charge in [0.1, 0.15) is 0 Å². The molecule has 86 valence electrons. The van der Waals surface area contributed by atoms with Crippen molar-refractivity contribution in [2.24, 2.45) is 10.8 Å². The van der Waals surface area contributed by atoms with Gasteiger partial charge >= 0.3 is 0 Å². The molecular weight excluding hydrogens is 188 g/mol. The van der Waals surface area contributed by atoms with Gasteiger partial charge in [0.2, 0.25) is 5.91 Å². The Kier molecular flexibility index (Phi) is 2.53. The molecule has 2 rings (SSSR count). The van der Waals surface area contributed by atoms with Gasteiger partial charge in [-0.2, -0.15) is 0 Å². The van der Waals surface area contributed by atoms with Crippen LogP contribution in [0.2, 0.25) is 0 Å². The first kappa shape index (κ1) is 10.9. The standard InChI is InChI=1S/C12H22N2O/c1-11(2,3)8-14-5-4-12(9-14)6-10(15)13-7-12/h4-9H2,1-3H3,(H,13,15). The molecule has 0 aromatic heterocycles. The quantitative estimate of drug-likeness (QED) is 0.706. The van der Waals surface area contributed by atoms with Crippen LogP contribution in [-0.2, 0) is 4.79 Å². The summed E-state index contributed by atoms with van der Waals surface area (Å²) in [5, 5.41) is 2.97. The van der Waals surface area contributed by atoms with Gasteiger partial charge in [-0.05, 0) is 18.4 Å². The third-order valence-corrected chi connectivity index (χ3v) is 3.41. The van der Waals surface area contributed by atoms with Crippen molar-refractivity contribution in [2.75, 3.05) is 26.2 Å². The van der Waals surface area contributed by atoms with Crippen LogP contribution in [-0.4, -0.2) is 37.0 Å². The molecule has 2 saturated heterocycles. The molecule has 2 heterocycles.